The van der Waals surface area contributed by atoms with Crippen LogP contribution in [0.2, 0.25) is 0 Å². The second-order valence-electron chi connectivity index (χ2n) is 4.64. The first-order valence-corrected chi connectivity index (χ1v) is 7.05. The Labute approximate surface area is 131 Å². The summed E-state index contributed by atoms with van der Waals surface area (Å²) in [5, 5.41) is 2.95. The van der Waals surface area contributed by atoms with Gasteiger partial charge in [-0.05, 0) is 13.8 Å². The average Bonchev–Trinajstić information content (AvgIpc) is 2.50. The van der Waals surface area contributed by atoms with E-state index in [1.807, 2.05) is 0 Å². The lowest BCUT2D eigenvalue weighted by Crippen LogP contribution is -2.30. The number of aromatic nitrogens is 4. The summed E-state index contributed by atoms with van der Waals surface area (Å²) >= 11 is 0. The Morgan fingerprint density at radius 3 is 2.87 bits per heavy atom. The summed E-state index contributed by atoms with van der Waals surface area (Å²) in [5.74, 6) is -0.121. The summed E-state index contributed by atoms with van der Waals surface area (Å²) in [4.78, 5) is 44.5. The topological polar surface area (TPSA) is 119 Å². The van der Waals surface area contributed by atoms with Crippen molar-refractivity contribution in [2.75, 3.05) is 18.5 Å². The van der Waals surface area contributed by atoms with Crippen molar-refractivity contribution >= 4 is 11.9 Å². The third-order valence-corrected chi connectivity index (χ3v) is 3.01. The van der Waals surface area contributed by atoms with Crippen molar-refractivity contribution in [1.29, 1.82) is 0 Å². The van der Waals surface area contributed by atoms with E-state index in [2.05, 4.69) is 20.3 Å². The molecule has 2 aromatic rings. The van der Waals surface area contributed by atoms with E-state index in [-0.39, 0.29) is 6.61 Å². The number of nitrogens with zero attached hydrogens (tertiary/aromatic N) is 3. The lowest BCUT2D eigenvalue weighted by atomic mass is 10.2. The molecule has 0 aliphatic carbocycles. The van der Waals surface area contributed by atoms with Crippen LogP contribution in [0.4, 0.5) is 5.95 Å². The van der Waals surface area contributed by atoms with E-state index in [1.54, 1.807) is 13.8 Å². The van der Waals surface area contributed by atoms with Gasteiger partial charge in [-0.15, -0.1) is 0 Å². The van der Waals surface area contributed by atoms with Gasteiger partial charge in [-0.3, -0.25) is 14.3 Å². The van der Waals surface area contributed by atoms with Crippen molar-refractivity contribution < 1.29 is 9.53 Å². The van der Waals surface area contributed by atoms with Crippen LogP contribution in [0, 0.1) is 6.92 Å². The van der Waals surface area contributed by atoms with Crippen molar-refractivity contribution in [3.05, 3.63) is 50.6 Å². The molecular weight excluding hydrogens is 302 g/mol. The Morgan fingerprint density at radius 1 is 1.43 bits per heavy atom. The fourth-order valence-electron chi connectivity index (χ4n) is 1.87. The van der Waals surface area contributed by atoms with Crippen molar-refractivity contribution in [2.24, 2.45) is 0 Å². The van der Waals surface area contributed by atoms with Crippen LogP contribution in [-0.4, -0.2) is 38.6 Å². The van der Waals surface area contributed by atoms with Crippen LogP contribution in [0.1, 0.15) is 23.0 Å². The number of rotatable bonds is 6. The molecule has 0 amide bonds. The van der Waals surface area contributed by atoms with Gasteiger partial charge in [0.05, 0.1) is 17.9 Å². The number of ether oxygens (including phenoxy) is 1. The minimum absolute atomic E-state index is 0.284. The van der Waals surface area contributed by atoms with Gasteiger partial charge >= 0.3 is 11.7 Å². The van der Waals surface area contributed by atoms with Gasteiger partial charge in [-0.2, -0.15) is 0 Å². The van der Waals surface area contributed by atoms with Crippen LogP contribution in [0.25, 0.3) is 0 Å². The van der Waals surface area contributed by atoms with Crippen LogP contribution >= 0.6 is 0 Å². The Bertz CT molecular complexity index is 811. The Balaban J connectivity index is 1.98. The zero-order valence-corrected chi connectivity index (χ0v) is 12.8. The van der Waals surface area contributed by atoms with Crippen molar-refractivity contribution in [1.82, 2.24) is 19.5 Å². The standard InChI is InChI=1S/C14H17N5O4/c1-3-23-12(21)10-8-16-13(17-9(10)2)15-5-7-19-6-4-11(20)18-14(19)22/h4,6,8H,3,5,7H2,1-2H3,(H,15,16,17)(H,18,20,22). The Kier molecular flexibility index (Phi) is 5.23. The third kappa shape index (κ3) is 4.25. The summed E-state index contributed by atoms with van der Waals surface area (Å²) in [6, 6.07) is 1.27. The summed E-state index contributed by atoms with van der Waals surface area (Å²) in [7, 11) is 0. The number of esters is 1. The monoisotopic (exact) mass is 319 g/mol. The maximum atomic E-state index is 11.7. The number of hydrogen-bond acceptors (Lipinski definition) is 7. The minimum atomic E-state index is -0.478. The van der Waals surface area contributed by atoms with Gasteiger partial charge in [0.25, 0.3) is 5.56 Å². The molecule has 0 aromatic carbocycles. The summed E-state index contributed by atoms with van der Waals surface area (Å²) in [5.41, 5.74) is -0.0989. The molecule has 0 radical (unpaired) electrons. The summed E-state index contributed by atoms with van der Waals surface area (Å²) in [6.45, 7) is 4.41. The molecule has 122 valence electrons. The second-order valence-corrected chi connectivity index (χ2v) is 4.64. The van der Waals surface area contributed by atoms with Crippen LogP contribution < -0.4 is 16.6 Å². The molecule has 23 heavy (non-hydrogen) atoms. The lowest BCUT2D eigenvalue weighted by molar-refractivity contribution is 0.0524. The highest BCUT2D eigenvalue weighted by atomic mass is 16.5. The van der Waals surface area contributed by atoms with E-state index in [4.69, 9.17) is 4.74 Å². The highest BCUT2D eigenvalue weighted by Gasteiger charge is 2.12. The first kappa shape index (κ1) is 16.4. The molecule has 2 aromatic heterocycles. The quantitative estimate of drug-likeness (QED) is 0.715. The molecule has 0 saturated carbocycles. The van der Waals surface area contributed by atoms with Gasteiger partial charge in [-0.1, -0.05) is 0 Å². The molecule has 0 aliphatic heterocycles. The molecule has 0 bridgehead atoms. The normalized spacial score (nSPS) is 10.3. The fraction of sp³-hybridized carbons (Fsp3) is 0.357. The highest BCUT2D eigenvalue weighted by Crippen LogP contribution is 2.08. The van der Waals surface area contributed by atoms with Gasteiger partial charge in [0.1, 0.15) is 0 Å². The number of aryl methyl sites for hydroxylation is 1. The van der Waals surface area contributed by atoms with E-state index in [0.717, 1.165) is 0 Å². The Morgan fingerprint density at radius 2 is 2.22 bits per heavy atom. The smallest absolute Gasteiger partial charge is 0.341 e. The van der Waals surface area contributed by atoms with E-state index in [9.17, 15) is 14.4 Å². The van der Waals surface area contributed by atoms with E-state index < -0.39 is 17.2 Å². The first-order chi connectivity index (χ1) is 11.0. The molecule has 9 heteroatoms. The SMILES string of the molecule is CCOC(=O)c1cnc(NCCn2ccc(=O)[nH]c2=O)nc1C. The van der Waals surface area contributed by atoms with Crippen LogP contribution in [0.15, 0.2) is 28.0 Å². The molecule has 0 fully saturated rings. The van der Waals surface area contributed by atoms with Crippen molar-refractivity contribution in [2.45, 2.75) is 20.4 Å². The number of anilines is 1. The summed E-state index contributed by atoms with van der Waals surface area (Å²) < 4.78 is 6.26. The predicted octanol–water partition coefficient (Wildman–Crippen LogP) is -0.0762. The van der Waals surface area contributed by atoms with Gasteiger partial charge in [-0.25, -0.2) is 19.6 Å². The molecule has 0 spiro atoms. The van der Waals surface area contributed by atoms with E-state index in [0.29, 0.717) is 30.3 Å². The zero-order chi connectivity index (χ0) is 16.8. The van der Waals surface area contributed by atoms with Crippen LogP contribution in [0.5, 0.6) is 0 Å². The maximum absolute atomic E-state index is 11.7. The zero-order valence-electron chi connectivity index (χ0n) is 12.8. The average molecular weight is 319 g/mol. The molecule has 0 aliphatic rings. The maximum Gasteiger partial charge on any atom is 0.341 e. The lowest BCUT2D eigenvalue weighted by Gasteiger charge is -2.09. The van der Waals surface area contributed by atoms with Crippen LogP contribution in [-0.2, 0) is 11.3 Å². The minimum Gasteiger partial charge on any atom is -0.462 e. The number of nitrogens with one attached hydrogen (secondary N) is 2. The number of carbonyl (C=O) groups excluding carboxylic acids is 1. The van der Waals surface area contributed by atoms with Gasteiger partial charge < -0.3 is 10.1 Å². The summed E-state index contributed by atoms with van der Waals surface area (Å²) in [6.07, 6.45) is 2.81. The molecule has 2 N–H and O–H groups in total. The molecule has 0 saturated heterocycles. The largest absolute Gasteiger partial charge is 0.462 e. The van der Waals surface area contributed by atoms with Gasteiger partial charge in [0.2, 0.25) is 5.95 Å². The Hall–Kier alpha value is -2.97. The second kappa shape index (κ2) is 7.34. The van der Waals surface area contributed by atoms with Crippen LogP contribution in [0.3, 0.4) is 0 Å². The number of aromatic amines is 1. The fourth-order valence-corrected chi connectivity index (χ4v) is 1.87. The predicted molar refractivity (Wildman–Crippen MR) is 82.5 cm³/mol. The van der Waals surface area contributed by atoms with Gasteiger partial charge in [0.15, 0.2) is 0 Å². The van der Waals surface area contributed by atoms with E-state index in [1.165, 1.54) is 23.0 Å². The third-order valence-electron chi connectivity index (χ3n) is 3.01. The molecule has 2 heterocycles. The molecule has 0 atom stereocenters. The van der Waals surface area contributed by atoms with Crippen molar-refractivity contribution in [3.8, 4) is 0 Å². The first-order valence-electron chi connectivity index (χ1n) is 7.05. The highest BCUT2D eigenvalue weighted by molar-refractivity contribution is 5.90. The van der Waals surface area contributed by atoms with Gasteiger partial charge in [0, 0.05) is 31.5 Å². The molecule has 0 unspecified atom stereocenters. The molecule has 2 rings (SSSR count). The molecule has 9 nitrogen and oxygen atoms in total. The number of H-pyrrole nitrogens is 1. The molecular formula is C14H17N5O4. The van der Waals surface area contributed by atoms with Crippen molar-refractivity contribution in [3.63, 3.8) is 0 Å². The van der Waals surface area contributed by atoms with E-state index >= 15 is 0 Å². The number of carbonyl (C=O) groups is 1. The number of hydrogen-bond donors (Lipinski definition) is 2.